The van der Waals surface area contributed by atoms with Gasteiger partial charge in [-0.3, -0.25) is 5.10 Å². The number of ether oxygens (including phenoxy) is 1. The van der Waals surface area contributed by atoms with Gasteiger partial charge >= 0.3 is 6.18 Å². The first-order chi connectivity index (χ1) is 17.2. The average molecular weight is 516 g/mol. The van der Waals surface area contributed by atoms with Gasteiger partial charge in [0.05, 0.1) is 24.4 Å². The number of aromatic amines is 1. The molecule has 0 radical (unpaired) electrons. The molecule has 4 aromatic rings. The minimum Gasteiger partial charge on any atom is -0.497 e. The van der Waals surface area contributed by atoms with Crippen LogP contribution in [-0.2, 0) is 6.18 Å². The maximum absolute atomic E-state index is 14.0. The Morgan fingerprint density at radius 2 is 2.11 bits per heavy atom. The quantitative estimate of drug-likeness (QED) is 0.313. The van der Waals surface area contributed by atoms with Crippen molar-refractivity contribution in [2.45, 2.75) is 25.1 Å². The maximum Gasteiger partial charge on any atom is 0.417 e. The normalized spacial score (nSPS) is 17.1. The minimum absolute atomic E-state index is 0.000367. The number of alkyl halides is 3. The van der Waals surface area contributed by atoms with Crippen molar-refractivity contribution in [3.05, 3.63) is 64.2 Å². The lowest BCUT2D eigenvalue weighted by Crippen LogP contribution is -2.42. The summed E-state index contributed by atoms with van der Waals surface area (Å²) in [4.78, 5) is 6.73. The molecule has 4 N–H and O–H groups in total. The molecule has 1 fully saturated rings. The lowest BCUT2D eigenvalue weighted by molar-refractivity contribution is -0.137. The number of nitrogens with zero attached hydrogens (tertiary/aromatic N) is 3. The van der Waals surface area contributed by atoms with Crippen LogP contribution in [0.3, 0.4) is 0 Å². The van der Waals surface area contributed by atoms with Crippen LogP contribution in [0.15, 0.2) is 42.6 Å². The number of aromatic nitrogens is 3. The molecule has 0 saturated carbocycles. The van der Waals surface area contributed by atoms with Crippen LogP contribution < -0.4 is 15.4 Å². The highest BCUT2D eigenvalue weighted by Gasteiger charge is 2.34. The number of nitrogens with one attached hydrogen (secondary N) is 1. The number of halogens is 3. The summed E-state index contributed by atoms with van der Waals surface area (Å²) >= 11 is 1.23. The molecule has 0 unspecified atom stereocenters. The van der Waals surface area contributed by atoms with Gasteiger partial charge in [0.15, 0.2) is 5.13 Å². The Balaban J connectivity index is 1.68. The molecule has 2 aromatic carbocycles. The van der Waals surface area contributed by atoms with E-state index in [0.29, 0.717) is 27.7 Å². The summed E-state index contributed by atoms with van der Waals surface area (Å²) in [5.74, 6) is -0.139. The Labute approximate surface area is 209 Å². The van der Waals surface area contributed by atoms with Crippen molar-refractivity contribution in [2.24, 2.45) is 5.73 Å². The Hall–Kier alpha value is -3.57. The second kappa shape index (κ2) is 9.47. The maximum atomic E-state index is 14.0. The van der Waals surface area contributed by atoms with Crippen LogP contribution in [0.2, 0.25) is 0 Å². The first-order valence-electron chi connectivity index (χ1n) is 11.3. The van der Waals surface area contributed by atoms with Gasteiger partial charge in [0.2, 0.25) is 5.88 Å². The average Bonchev–Trinajstić information content (AvgIpc) is 3.48. The fraction of sp³-hybridized carbons (Fsp3) is 0.280. The zero-order chi connectivity index (χ0) is 25.4. The number of thiazole rings is 1. The molecule has 11 heteroatoms. The fourth-order valence-electron chi connectivity index (χ4n) is 4.37. The van der Waals surface area contributed by atoms with E-state index >= 15 is 0 Å². The molecule has 1 aliphatic rings. The number of anilines is 1. The number of fused-ring (bicyclic) bond motifs is 1. The molecule has 1 aliphatic heterocycles. The molecular weight excluding hydrogens is 491 g/mol. The van der Waals surface area contributed by atoms with E-state index in [4.69, 9.17) is 10.5 Å². The number of benzene rings is 2. The van der Waals surface area contributed by atoms with Gasteiger partial charge < -0.3 is 20.5 Å². The number of rotatable bonds is 5. The molecule has 188 valence electrons. The number of hydrogen-bond acceptors (Lipinski definition) is 7. The molecule has 1 atom stereocenters. The second-order valence-corrected chi connectivity index (χ2v) is 9.66. The number of hydrogen-bond donors (Lipinski definition) is 3. The molecule has 5 rings (SSSR count). The minimum atomic E-state index is -4.61. The van der Waals surface area contributed by atoms with Crippen molar-refractivity contribution < 1.29 is 23.0 Å². The topological polar surface area (TPSA) is 100 Å². The molecule has 2 aromatic heterocycles. The van der Waals surface area contributed by atoms with Gasteiger partial charge in [-0.25, -0.2) is 0 Å². The van der Waals surface area contributed by atoms with Crippen molar-refractivity contribution >= 4 is 39.0 Å². The summed E-state index contributed by atoms with van der Waals surface area (Å²) in [5, 5.41) is 19.1. The van der Waals surface area contributed by atoms with Gasteiger partial charge in [-0.15, -0.1) is 0 Å². The highest BCUT2D eigenvalue weighted by atomic mass is 32.1. The first kappa shape index (κ1) is 24.1. The zero-order valence-corrected chi connectivity index (χ0v) is 20.2. The predicted molar refractivity (Wildman–Crippen MR) is 134 cm³/mol. The number of H-pyrrole nitrogens is 1. The van der Waals surface area contributed by atoms with Crippen molar-refractivity contribution in [3.63, 3.8) is 0 Å². The van der Waals surface area contributed by atoms with Crippen molar-refractivity contribution in [1.29, 1.82) is 0 Å². The van der Waals surface area contributed by atoms with Gasteiger partial charge in [-0.2, -0.15) is 23.3 Å². The third-order valence-electron chi connectivity index (χ3n) is 6.19. The van der Waals surface area contributed by atoms with Crippen LogP contribution in [0.25, 0.3) is 22.6 Å². The largest absolute Gasteiger partial charge is 0.497 e. The van der Waals surface area contributed by atoms with E-state index in [1.807, 2.05) is 11.0 Å². The summed E-state index contributed by atoms with van der Waals surface area (Å²) in [6, 6.07) is 9.20. The lowest BCUT2D eigenvalue weighted by Gasteiger charge is -2.30. The smallest absolute Gasteiger partial charge is 0.417 e. The molecule has 3 heterocycles. The molecule has 0 bridgehead atoms. The van der Waals surface area contributed by atoms with E-state index < -0.39 is 11.7 Å². The van der Waals surface area contributed by atoms with Crippen LogP contribution >= 0.6 is 11.3 Å². The van der Waals surface area contributed by atoms with Crippen molar-refractivity contribution in [3.8, 4) is 11.6 Å². The first-order valence-corrected chi connectivity index (χ1v) is 12.2. The number of aromatic hydroxyl groups is 1. The number of methoxy groups -OCH3 is 1. The predicted octanol–water partition coefficient (Wildman–Crippen LogP) is 5.27. The Bertz CT molecular complexity index is 1430. The van der Waals surface area contributed by atoms with Crippen LogP contribution in [-0.4, -0.2) is 46.5 Å². The molecule has 1 saturated heterocycles. The van der Waals surface area contributed by atoms with E-state index in [1.165, 1.54) is 36.7 Å². The van der Waals surface area contributed by atoms with E-state index in [2.05, 4.69) is 15.2 Å². The van der Waals surface area contributed by atoms with Gasteiger partial charge in [0.1, 0.15) is 10.6 Å². The summed E-state index contributed by atoms with van der Waals surface area (Å²) < 4.78 is 46.9. The zero-order valence-electron chi connectivity index (χ0n) is 19.3. The summed E-state index contributed by atoms with van der Waals surface area (Å²) in [6.45, 7) is 1.35. The molecule has 7 nitrogen and oxygen atoms in total. The third-order valence-corrected chi connectivity index (χ3v) is 7.33. The second-order valence-electron chi connectivity index (χ2n) is 8.68. The Morgan fingerprint density at radius 1 is 1.28 bits per heavy atom. The van der Waals surface area contributed by atoms with E-state index in [1.54, 1.807) is 18.3 Å². The molecule has 0 aliphatic carbocycles. The highest BCUT2D eigenvalue weighted by molar-refractivity contribution is 7.17. The summed E-state index contributed by atoms with van der Waals surface area (Å²) in [5.41, 5.74) is 7.05. The molecule has 36 heavy (non-hydrogen) atoms. The molecule has 0 spiro atoms. The summed E-state index contributed by atoms with van der Waals surface area (Å²) in [6.07, 6.45) is 0.275. The SMILES string of the molecule is COc1ccc(C=C(c2ccc3[nH]ncc3c2)c2sc(N3CCC[C@H](N)C3)nc2O)c(C(F)(F)F)c1. The summed E-state index contributed by atoms with van der Waals surface area (Å²) in [7, 11) is 1.32. The Morgan fingerprint density at radius 3 is 2.86 bits per heavy atom. The van der Waals surface area contributed by atoms with Crippen molar-refractivity contribution in [2.75, 3.05) is 25.1 Å². The van der Waals surface area contributed by atoms with Crippen LogP contribution in [0.5, 0.6) is 11.6 Å². The van der Waals surface area contributed by atoms with Gasteiger partial charge in [-0.1, -0.05) is 23.5 Å². The standard InChI is InChI=1S/C25H24F3N5O2S/c1-35-18-6-4-15(20(11-18)25(26,27)28)10-19(14-5-7-21-16(9-14)12-30-32-21)22-23(34)31-24(36-22)33-8-2-3-17(29)13-33/h4-7,9-12,17,34H,2-3,8,13,29H2,1H3,(H,30,32)/t17-/m0/s1. The van der Waals surface area contributed by atoms with Gasteiger partial charge in [0, 0.05) is 30.1 Å². The van der Waals surface area contributed by atoms with E-state index in [0.717, 1.165) is 36.4 Å². The number of piperidine rings is 1. The number of nitrogens with two attached hydrogens (primary N) is 1. The van der Waals surface area contributed by atoms with E-state index in [9.17, 15) is 18.3 Å². The van der Waals surface area contributed by atoms with Crippen molar-refractivity contribution in [1.82, 2.24) is 15.2 Å². The van der Waals surface area contributed by atoms with Crippen LogP contribution in [0.1, 0.15) is 34.4 Å². The molecular formula is C25H24F3N5O2S. The van der Waals surface area contributed by atoms with Crippen LogP contribution in [0, 0.1) is 0 Å². The van der Waals surface area contributed by atoms with E-state index in [-0.39, 0.29) is 23.2 Å². The van der Waals surface area contributed by atoms with Gasteiger partial charge in [0.25, 0.3) is 0 Å². The monoisotopic (exact) mass is 515 g/mol. The lowest BCUT2D eigenvalue weighted by atomic mass is 9.97. The molecule has 0 amide bonds. The third kappa shape index (κ3) is 4.76. The fourth-order valence-corrected chi connectivity index (χ4v) is 5.41. The Kier molecular flexibility index (Phi) is 6.35. The van der Waals surface area contributed by atoms with Crippen LogP contribution in [0.4, 0.5) is 18.3 Å². The highest BCUT2D eigenvalue weighted by Crippen LogP contribution is 2.43. The van der Waals surface area contributed by atoms with Gasteiger partial charge in [-0.05, 0) is 54.3 Å².